The van der Waals surface area contributed by atoms with E-state index in [1.165, 1.54) is 6.07 Å². The van der Waals surface area contributed by atoms with Crippen molar-refractivity contribution in [3.63, 3.8) is 0 Å². The number of carbonyl (C=O) groups excluding carboxylic acids is 1. The van der Waals surface area contributed by atoms with Gasteiger partial charge in [-0.05, 0) is 31.5 Å². The molecule has 0 saturated carbocycles. The molecule has 0 spiro atoms. The first-order chi connectivity index (χ1) is 13.4. The van der Waals surface area contributed by atoms with Crippen LogP contribution in [0.4, 0.5) is 11.4 Å². The second kappa shape index (κ2) is 8.08. The van der Waals surface area contributed by atoms with Crippen molar-refractivity contribution in [3.8, 4) is 0 Å². The Labute approximate surface area is 161 Å². The fourth-order valence-electron chi connectivity index (χ4n) is 3.25. The van der Waals surface area contributed by atoms with Crippen LogP contribution in [0.15, 0.2) is 47.3 Å². The molecule has 0 unspecified atom stereocenters. The summed E-state index contributed by atoms with van der Waals surface area (Å²) in [5.41, 5.74) is 2.35. The number of imidazole rings is 1. The maximum atomic E-state index is 12.7. The van der Waals surface area contributed by atoms with Gasteiger partial charge in [0.05, 0.1) is 16.0 Å². The molecule has 0 bridgehead atoms. The number of aromatic nitrogens is 2. The molecular formula is C20H22N4O4. The zero-order valence-electron chi connectivity index (χ0n) is 15.8. The van der Waals surface area contributed by atoms with Crippen molar-refractivity contribution in [3.05, 3.63) is 68.6 Å². The van der Waals surface area contributed by atoms with Crippen molar-refractivity contribution in [2.45, 2.75) is 39.8 Å². The SMILES string of the molecule is CCCn1c(=O)n(CCC(=O)Nc2ccc(C)c([N+](=O)[O-])c2)c2ccccc21. The van der Waals surface area contributed by atoms with Crippen molar-refractivity contribution in [2.24, 2.45) is 0 Å². The van der Waals surface area contributed by atoms with Crippen LogP contribution in [0.2, 0.25) is 0 Å². The first-order valence-corrected chi connectivity index (χ1v) is 9.15. The Morgan fingerprint density at radius 2 is 1.75 bits per heavy atom. The van der Waals surface area contributed by atoms with E-state index in [4.69, 9.17) is 0 Å². The number of aryl methyl sites for hydroxylation is 3. The van der Waals surface area contributed by atoms with Gasteiger partial charge in [0.1, 0.15) is 0 Å². The number of hydrogen-bond acceptors (Lipinski definition) is 4. The zero-order valence-corrected chi connectivity index (χ0v) is 15.8. The number of carbonyl (C=O) groups is 1. The molecule has 1 amide bonds. The van der Waals surface area contributed by atoms with Crippen LogP contribution in [0.25, 0.3) is 11.0 Å². The minimum Gasteiger partial charge on any atom is -0.326 e. The lowest BCUT2D eigenvalue weighted by molar-refractivity contribution is -0.385. The van der Waals surface area contributed by atoms with Crippen molar-refractivity contribution in [1.82, 2.24) is 9.13 Å². The van der Waals surface area contributed by atoms with Gasteiger partial charge in [0.25, 0.3) is 5.69 Å². The minimum atomic E-state index is -0.479. The van der Waals surface area contributed by atoms with E-state index in [1.807, 2.05) is 31.2 Å². The molecule has 1 N–H and O–H groups in total. The third-order valence-electron chi connectivity index (χ3n) is 4.62. The van der Waals surface area contributed by atoms with E-state index in [9.17, 15) is 19.7 Å². The topological polar surface area (TPSA) is 99.2 Å². The predicted octanol–water partition coefficient (Wildman–Crippen LogP) is 3.46. The number of nitrogens with one attached hydrogen (secondary N) is 1. The van der Waals surface area contributed by atoms with Crippen LogP contribution in [-0.2, 0) is 17.9 Å². The maximum absolute atomic E-state index is 12.7. The van der Waals surface area contributed by atoms with Gasteiger partial charge in [-0.2, -0.15) is 0 Å². The Hall–Kier alpha value is -3.42. The van der Waals surface area contributed by atoms with E-state index in [0.29, 0.717) is 17.8 Å². The molecule has 3 aromatic rings. The predicted molar refractivity (Wildman–Crippen MR) is 108 cm³/mol. The molecule has 3 rings (SSSR count). The molecule has 8 nitrogen and oxygen atoms in total. The third kappa shape index (κ3) is 3.80. The van der Waals surface area contributed by atoms with Crippen molar-refractivity contribution in [1.29, 1.82) is 0 Å². The van der Waals surface area contributed by atoms with Crippen LogP contribution in [0, 0.1) is 17.0 Å². The number of hydrogen-bond donors (Lipinski definition) is 1. The summed E-state index contributed by atoms with van der Waals surface area (Å²) in [6, 6.07) is 12.1. The lowest BCUT2D eigenvalue weighted by Crippen LogP contribution is -2.26. The third-order valence-corrected chi connectivity index (χ3v) is 4.62. The summed E-state index contributed by atoms with van der Waals surface area (Å²) in [6.45, 7) is 4.50. The molecular weight excluding hydrogens is 360 g/mol. The van der Waals surface area contributed by atoms with Crippen molar-refractivity contribution >= 4 is 28.3 Å². The van der Waals surface area contributed by atoms with E-state index in [-0.39, 0.29) is 30.2 Å². The van der Waals surface area contributed by atoms with Crippen LogP contribution < -0.4 is 11.0 Å². The normalized spacial score (nSPS) is 10.9. The highest BCUT2D eigenvalue weighted by Gasteiger charge is 2.15. The Kier molecular flexibility index (Phi) is 5.58. The van der Waals surface area contributed by atoms with Gasteiger partial charge in [-0.25, -0.2) is 4.79 Å². The summed E-state index contributed by atoms with van der Waals surface area (Å²) >= 11 is 0. The Morgan fingerprint density at radius 1 is 1.11 bits per heavy atom. The van der Waals surface area contributed by atoms with Gasteiger partial charge in [0.2, 0.25) is 5.91 Å². The summed E-state index contributed by atoms with van der Waals surface area (Å²) in [6.07, 6.45) is 0.919. The Morgan fingerprint density at radius 3 is 2.36 bits per heavy atom. The van der Waals surface area contributed by atoms with Gasteiger partial charge in [0, 0.05) is 36.8 Å². The summed E-state index contributed by atoms with van der Waals surface area (Å²) in [5.74, 6) is -0.308. The second-order valence-electron chi connectivity index (χ2n) is 6.63. The van der Waals surface area contributed by atoms with Crippen LogP contribution in [-0.4, -0.2) is 20.0 Å². The van der Waals surface area contributed by atoms with Crippen molar-refractivity contribution in [2.75, 3.05) is 5.32 Å². The number of nitro groups is 1. The second-order valence-corrected chi connectivity index (χ2v) is 6.63. The number of amides is 1. The molecule has 1 aromatic heterocycles. The lowest BCUT2D eigenvalue weighted by Gasteiger charge is -2.07. The van der Waals surface area contributed by atoms with Crippen LogP contribution >= 0.6 is 0 Å². The molecule has 0 atom stereocenters. The maximum Gasteiger partial charge on any atom is 0.329 e. The average molecular weight is 382 g/mol. The quantitative estimate of drug-likeness (QED) is 0.500. The minimum absolute atomic E-state index is 0.0448. The van der Waals surface area contributed by atoms with Gasteiger partial charge in [-0.1, -0.05) is 25.1 Å². The highest BCUT2D eigenvalue weighted by Crippen LogP contribution is 2.22. The van der Waals surface area contributed by atoms with Crippen LogP contribution in [0.1, 0.15) is 25.3 Å². The fraction of sp³-hybridized carbons (Fsp3) is 0.300. The Bertz CT molecular complexity index is 1100. The number of benzene rings is 2. The van der Waals surface area contributed by atoms with E-state index in [1.54, 1.807) is 28.2 Å². The van der Waals surface area contributed by atoms with Gasteiger partial charge >= 0.3 is 5.69 Å². The molecule has 8 heteroatoms. The van der Waals surface area contributed by atoms with E-state index in [0.717, 1.165) is 17.5 Å². The summed E-state index contributed by atoms with van der Waals surface area (Å²) < 4.78 is 3.32. The zero-order chi connectivity index (χ0) is 20.3. The molecule has 0 fully saturated rings. The standard InChI is InChI=1S/C20H22N4O4/c1-3-11-22-16-6-4-5-7-17(16)23(20(22)26)12-10-19(25)21-15-9-8-14(2)18(13-15)24(27)28/h4-9,13H,3,10-12H2,1-2H3,(H,21,25). The smallest absolute Gasteiger partial charge is 0.326 e. The highest BCUT2D eigenvalue weighted by molar-refractivity contribution is 5.91. The molecule has 0 aliphatic carbocycles. The number of nitro benzene ring substituents is 1. The summed E-state index contributed by atoms with van der Waals surface area (Å²) in [4.78, 5) is 35.6. The molecule has 0 radical (unpaired) electrons. The van der Waals surface area contributed by atoms with Crippen LogP contribution in [0.3, 0.4) is 0 Å². The number of fused-ring (bicyclic) bond motifs is 1. The molecule has 2 aromatic carbocycles. The lowest BCUT2D eigenvalue weighted by atomic mass is 10.2. The fourth-order valence-corrected chi connectivity index (χ4v) is 3.25. The van der Waals surface area contributed by atoms with E-state index in [2.05, 4.69) is 5.32 Å². The van der Waals surface area contributed by atoms with Crippen LogP contribution in [0.5, 0.6) is 0 Å². The van der Waals surface area contributed by atoms with E-state index >= 15 is 0 Å². The van der Waals surface area contributed by atoms with Gasteiger partial charge in [0.15, 0.2) is 0 Å². The number of nitrogens with zero attached hydrogens (tertiary/aromatic N) is 3. The molecule has 28 heavy (non-hydrogen) atoms. The largest absolute Gasteiger partial charge is 0.329 e. The van der Waals surface area contributed by atoms with Gasteiger partial charge < -0.3 is 5.32 Å². The van der Waals surface area contributed by atoms with Crippen molar-refractivity contribution < 1.29 is 9.72 Å². The molecule has 0 saturated heterocycles. The average Bonchev–Trinajstić information content (AvgIpc) is 2.93. The van der Waals surface area contributed by atoms with E-state index < -0.39 is 4.92 Å². The summed E-state index contributed by atoms with van der Waals surface area (Å²) in [7, 11) is 0. The number of rotatable bonds is 7. The first kappa shape index (κ1) is 19.3. The monoisotopic (exact) mass is 382 g/mol. The molecule has 1 heterocycles. The molecule has 0 aliphatic heterocycles. The number of anilines is 1. The van der Waals surface area contributed by atoms with Gasteiger partial charge in [-0.3, -0.25) is 24.0 Å². The first-order valence-electron chi connectivity index (χ1n) is 9.15. The number of para-hydroxylation sites is 2. The highest BCUT2D eigenvalue weighted by atomic mass is 16.6. The molecule has 146 valence electrons. The summed E-state index contributed by atoms with van der Waals surface area (Å²) in [5, 5.41) is 13.7. The molecule has 0 aliphatic rings. The Balaban J connectivity index is 1.77. The van der Waals surface area contributed by atoms with Gasteiger partial charge in [-0.15, -0.1) is 0 Å².